The van der Waals surface area contributed by atoms with Crippen LogP contribution in [0.15, 0.2) is 24.4 Å². The zero-order chi connectivity index (χ0) is 12.8. The molecule has 0 saturated carbocycles. The molecule has 2 aromatic rings. The van der Waals surface area contributed by atoms with Crippen molar-refractivity contribution in [3.05, 3.63) is 30.0 Å². The summed E-state index contributed by atoms with van der Waals surface area (Å²) in [7, 11) is 0. The Bertz CT molecular complexity index is 547. The predicted molar refractivity (Wildman–Crippen MR) is 71.2 cm³/mol. The van der Waals surface area contributed by atoms with Crippen LogP contribution in [0.5, 0.6) is 5.75 Å². The standard InChI is InChI=1S/C14H20N2O/c1-9(2)16-8-12(14(3,4)15)11-6-5-10(17)7-13(11)16/h5-9,17H,15H2,1-4H3. The maximum absolute atomic E-state index is 9.60. The van der Waals surface area contributed by atoms with Crippen LogP contribution in [0, 0.1) is 0 Å². The van der Waals surface area contributed by atoms with E-state index in [0.717, 1.165) is 16.5 Å². The van der Waals surface area contributed by atoms with Crippen molar-refractivity contribution in [2.45, 2.75) is 39.3 Å². The number of nitrogens with two attached hydrogens (primary N) is 1. The van der Waals surface area contributed by atoms with E-state index in [9.17, 15) is 5.11 Å². The molecule has 0 unspecified atom stereocenters. The first-order valence-electron chi connectivity index (χ1n) is 5.93. The molecular weight excluding hydrogens is 212 g/mol. The van der Waals surface area contributed by atoms with Crippen molar-refractivity contribution in [3.8, 4) is 5.75 Å². The normalized spacial score (nSPS) is 12.6. The molecule has 0 spiro atoms. The largest absolute Gasteiger partial charge is 0.508 e. The van der Waals surface area contributed by atoms with Crippen LogP contribution < -0.4 is 5.73 Å². The van der Waals surface area contributed by atoms with Crippen molar-refractivity contribution in [1.29, 1.82) is 0 Å². The summed E-state index contributed by atoms with van der Waals surface area (Å²) < 4.78 is 2.15. The third-order valence-corrected chi connectivity index (χ3v) is 3.07. The van der Waals surface area contributed by atoms with Gasteiger partial charge in [0.1, 0.15) is 5.75 Å². The van der Waals surface area contributed by atoms with E-state index in [2.05, 4.69) is 24.6 Å². The molecule has 3 heteroatoms. The van der Waals surface area contributed by atoms with Crippen LogP contribution in [0.2, 0.25) is 0 Å². The molecule has 1 heterocycles. The van der Waals surface area contributed by atoms with E-state index in [-0.39, 0.29) is 5.54 Å². The topological polar surface area (TPSA) is 51.2 Å². The lowest BCUT2D eigenvalue weighted by Crippen LogP contribution is -2.28. The van der Waals surface area contributed by atoms with Gasteiger partial charge in [-0.05, 0) is 45.4 Å². The first kappa shape index (κ1) is 12.0. The van der Waals surface area contributed by atoms with Gasteiger partial charge in [-0.3, -0.25) is 0 Å². The van der Waals surface area contributed by atoms with Crippen molar-refractivity contribution < 1.29 is 5.11 Å². The summed E-state index contributed by atoms with van der Waals surface area (Å²) in [6, 6.07) is 5.79. The van der Waals surface area contributed by atoms with Gasteiger partial charge >= 0.3 is 0 Å². The number of nitrogens with zero attached hydrogens (tertiary/aromatic N) is 1. The zero-order valence-corrected chi connectivity index (χ0v) is 10.9. The summed E-state index contributed by atoms with van der Waals surface area (Å²) >= 11 is 0. The maximum Gasteiger partial charge on any atom is 0.117 e. The molecule has 2 rings (SSSR count). The Labute approximate surface area is 102 Å². The molecule has 0 atom stereocenters. The maximum atomic E-state index is 9.60. The second-order valence-electron chi connectivity index (χ2n) is 5.47. The van der Waals surface area contributed by atoms with E-state index in [4.69, 9.17) is 5.73 Å². The number of benzene rings is 1. The van der Waals surface area contributed by atoms with Gasteiger partial charge in [0, 0.05) is 29.2 Å². The molecule has 1 aromatic heterocycles. The Morgan fingerprint density at radius 3 is 2.47 bits per heavy atom. The minimum atomic E-state index is -0.380. The second kappa shape index (κ2) is 3.77. The summed E-state index contributed by atoms with van der Waals surface area (Å²) in [5, 5.41) is 10.7. The predicted octanol–water partition coefficient (Wildman–Crippen LogP) is 3.12. The molecule has 0 aliphatic heterocycles. The fourth-order valence-electron chi connectivity index (χ4n) is 2.18. The molecule has 17 heavy (non-hydrogen) atoms. The average molecular weight is 232 g/mol. The number of hydrogen-bond donors (Lipinski definition) is 2. The number of phenolic OH excluding ortho intramolecular Hbond substituents is 1. The molecule has 3 N–H and O–H groups in total. The molecule has 0 aliphatic rings. The fraction of sp³-hybridized carbons (Fsp3) is 0.429. The Morgan fingerprint density at radius 2 is 1.94 bits per heavy atom. The first-order valence-corrected chi connectivity index (χ1v) is 5.93. The lowest BCUT2D eigenvalue weighted by Gasteiger charge is -2.17. The minimum absolute atomic E-state index is 0.291. The molecule has 0 fully saturated rings. The highest BCUT2D eigenvalue weighted by molar-refractivity contribution is 5.86. The molecule has 3 nitrogen and oxygen atoms in total. The molecule has 0 amide bonds. The van der Waals surface area contributed by atoms with Gasteiger partial charge in [-0.25, -0.2) is 0 Å². The van der Waals surface area contributed by atoms with Crippen molar-refractivity contribution in [1.82, 2.24) is 4.57 Å². The highest BCUT2D eigenvalue weighted by Crippen LogP contribution is 2.32. The number of fused-ring (bicyclic) bond motifs is 1. The van der Waals surface area contributed by atoms with Crippen LogP contribution in [0.25, 0.3) is 10.9 Å². The summed E-state index contributed by atoms with van der Waals surface area (Å²) in [4.78, 5) is 0. The van der Waals surface area contributed by atoms with Gasteiger partial charge in [-0.15, -0.1) is 0 Å². The highest BCUT2D eigenvalue weighted by atomic mass is 16.3. The quantitative estimate of drug-likeness (QED) is 0.835. The highest BCUT2D eigenvalue weighted by Gasteiger charge is 2.21. The molecule has 0 radical (unpaired) electrons. The van der Waals surface area contributed by atoms with Crippen molar-refractivity contribution >= 4 is 10.9 Å². The van der Waals surface area contributed by atoms with Crippen LogP contribution in [-0.4, -0.2) is 9.67 Å². The summed E-state index contributed by atoms with van der Waals surface area (Å²) in [6.45, 7) is 8.24. The third kappa shape index (κ3) is 2.03. The Balaban J connectivity index is 2.80. The van der Waals surface area contributed by atoms with Gasteiger partial charge in [-0.1, -0.05) is 0 Å². The molecule has 92 valence electrons. The van der Waals surface area contributed by atoms with Crippen molar-refractivity contribution in [2.75, 3.05) is 0 Å². The van der Waals surface area contributed by atoms with Crippen LogP contribution in [0.1, 0.15) is 39.3 Å². The minimum Gasteiger partial charge on any atom is -0.508 e. The van der Waals surface area contributed by atoms with Gasteiger partial charge in [0.15, 0.2) is 0 Å². The number of rotatable bonds is 2. The Kier molecular flexibility index (Phi) is 2.66. The number of hydrogen-bond acceptors (Lipinski definition) is 2. The summed E-state index contributed by atoms with van der Waals surface area (Å²) in [5.41, 5.74) is 7.97. The van der Waals surface area contributed by atoms with E-state index in [0.29, 0.717) is 11.8 Å². The SMILES string of the molecule is CC(C)n1cc(C(C)(C)N)c2ccc(O)cc21. The Morgan fingerprint density at radius 1 is 1.29 bits per heavy atom. The average Bonchev–Trinajstić information content (AvgIpc) is 2.55. The lowest BCUT2D eigenvalue weighted by atomic mass is 9.95. The van der Waals surface area contributed by atoms with Gasteiger partial charge in [-0.2, -0.15) is 0 Å². The van der Waals surface area contributed by atoms with E-state index in [1.807, 2.05) is 19.9 Å². The van der Waals surface area contributed by atoms with Gasteiger partial charge in [0.05, 0.1) is 5.52 Å². The smallest absolute Gasteiger partial charge is 0.117 e. The monoisotopic (exact) mass is 232 g/mol. The van der Waals surface area contributed by atoms with Crippen molar-refractivity contribution in [3.63, 3.8) is 0 Å². The van der Waals surface area contributed by atoms with E-state index < -0.39 is 0 Å². The second-order valence-corrected chi connectivity index (χ2v) is 5.47. The van der Waals surface area contributed by atoms with Gasteiger partial charge in [0.25, 0.3) is 0 Å². The molecule has 0 saturated heterocycles. The summed E-state index contributed by atoms with van der Waals surface area (Å²) in [6.07, 6.45) is 2.09. The van der Waals surface area contributed by atoms with Crippen LogP contribution in [0.3, 0.4) is 0 Å². The zero-order valence-electron chi connectivity index (χ0n) is 10.9. The number of phenols is 1. The fourth-order valence-corrected chi connectivity index (χ4v) is 2.18. The van der Waals surface area contributed by atoms with E-state index in [1.54, 1.807) is 12.1 Å². The van der Waals surface area contributed by atoms with Crippen LogP contribution in [-0.2, 0) is 5.54 Å². The van der Waals surface area contributed by atoms with E-state index >= 15 is 0 Å². The molecular formula is C14H20N2O. The van der Waals surface area contributed by atoms with Crippen molar-refractivity contribution in [2.24, 2.45) is 5.73 Å². The number of aromatic nitrogens is 1. The molecule has 0 aliphatic carbocycles. The van der Waals surface area contributed by atoms with E-state index in [1.165, 1.54) is 0 Å². The Hall–Kier alpha value is -1.48. The lowest BCUT2D eigenvalue weighted by molar-refractivity contribution is 0.475. The van der Waals surface area contributed by atoms with Gasteiger partial charge < -0.3 is 15.4 Å². The van der Waals surface area contributed by atoms with Crippen LogP contribution in [0.4, 0.5) is 0 Å². The molecule has 1 aromatic carbocycles. The summed E-state index contributed by atoms with van der Waals surface area (Å²) in [5.74, 6) is 0.291. The van der Waals surface area contributed by atoms with Crippen LogP contribution >= 0.6 is 0 Å². The number of aromatic hydroxyl groups is 1. The third-order valence-electron chi connectivity index (χ3n) is 3.07. The van der Waals surface area contributed by atoms with Gasteiger partial charge in [0.2, 0.25) is 0 Å². The first-order chi connectivity index (χ1) is 7.80. The molecule has 0 bridgehead atoms.